The van der Waals surface area contributed by atoms with Gasteiger partial charge in [-0.25, -0.2) is 14.3 Å². The van der Waals surface area contributed by atoms with Crippen LogP contribution in [0.5, 0.6) is 0 Å². The van der Waals surface area contributed by atoms with Gasteiger partial charge in [-0.2, -0.15) is 10.2 Å². The summed E-state index contributed by atoms with van der Waals surface area (Å²) in [6, 6.07) is 24.0. The Morgan fingerprint density at radius 1 is 0.645 bits per heavy atom. The van der Waals surface area contributed by atoms with Crippen LogP contribution in [-0.2, 0) is 0 Å². The summed E-state index contributed by atoms with van der Waals surface area (Å²) < 4.78 is 9.67. The molecular weight excluding hydrogens is 386 g/mol. The van der Waals surface area contributed by atoms with Crippen molar-refractivity contribution in [1.29, 1.82) is 0 Å². The van der Waals surface area contributed by atoms with Crippen molar-refractivity contribution in [2.75, 3.05) is 0 Å². The molecule has 0 saturated heterocycles. The number of aryl methyl sites for hydroxylation is 2. The summed E-state index contributed by atoms with van der Waals surface area (Å²) >= 11 is 0. The maximum Gasteiger partial charge on any atom is 0.166 e. The second-order valence-electron chi connectivity index (χ2n) is 7.53. The molecule has 0 atom stereocenters. The normalized spacial score (nSPS) is 11.5. The smallest absolute Gasteiger partial charge is 0.166 e. The standard InChI is InChI=1S/C25H19N5O/c1-16-21-23(20-14-9-15-31-20)22-17(2)28-30(19-12-7-4-8-13-19)25(22)26-24(21)29(27-16)18-10-5-3-6-11-18/h3-15H,1-2H3. The van der Waals surface area contributed by atoms with Crippen LogP contribution >= 0.6 is 0 Å². The Bertz CT molecular complexity index is 1430. The van der Waals surface area contributed by atoms with E-state index in [1.165, 1.54) is 0 Å². The zero-order chi connectivity index (χ0) is 20.9. The van der Waals surface area contributed by atoms with E-state index in [1.807, 2.05) is 96.0 Å². The van der Waals surface area contributed by atoms with Crippen LogP contribution < -0.4 is 0 Å². The summed E-state index contributed by atoms with van der Waals surface area (Å²) in [4.78, 5) is 5.10. The van der Waals surface area contributed by atoms with Gasteiger partial charge in [-0.3, -0.25) is 0 Å². The largest absolute Gasteiger partial charge is 0.464 e. The number of nitrogens with zero attached hydrogens (tertiary/aromatic N) is 5. The summed E-state index contributed by atoms with van der Waals surface area (Å²) in [6.07, 6.45) is 1.70. The fourth-order valence-electron chi connectivity index (χ4n) is 4.21. The van der Waals surface area contributed by atoms with Gasteiger partial charge in [0.05, 0.1) is 39.8 Å². The molecule has 2 aromatic carbocycles. The number of hydrogen-bond donors (Lipinski definition) is 0. The van der Waals surface area contributed by atoms with Gasteiger partial charge in [0.2, 0.25) is 0 Å². The second-order valence-corrected chi connectivity index (χ2v) is 7.53. The maximum atomic E-state index is 5.87. The van der Waals surface area contributed by atoms with E-state index in [9.17, 15) is 0 Å². The molecule has 0 amide bonds. The van der Waals surface area contributed by atoms with Gasteiger partial charge in [0.15, 0.2) is 11.3 Å². The third-order valence-electron chi connectivity index (χ3n) is 5.55. The first kappa shape index (κ1) is 17.7. The first-order valence-electron chi connectivity index (χ1n) is 10.2. The van der Waals surface area contributed by atoms with Crippen molar-refractivity contribution in [1.82, 2.24) is 24.5 Å². The van der Waals surface area contributed by atoms with Gasteiger partial charge >= 0.3 is 0 Å². The average Bonchev–Trinajstić information content (AvgIpc) is 3.53. The summed E-state index contributed by atoms with van der Waals surface area (Å²) in [5, 5.41) is 11.6. The summed E-state index contributed by atoms with van der Waals surface area (Å²) in [6.45, 7) is 4.03. The molecule has 0 bridgehead atoms. The third kappa shape index (κ3) is 2.61. The summed E-state index contributed by atoms with van der Waals surface area (Å²) in [5.74, 6) is 0.781. The molecule has 150 valence electrons. The molecule has 6 rings (SSSR count). The van der Waals surface area contributed by atoms with Crippen LogP contribution in [0.4, 0.5) is 0 Å². The minimum Gasteiger partial charge on any atom is -0.464 e. The predicted molar refractivity (Wildman–Crippen MR) is 121 cm³/mol. The number of para-hydroxylation sites is 2. The van der Waals surface area contributed by atoms with E-state index in [1.54, 1.807) is 6.26 Å². The fourth-order valence-corrected chi connectivity index (χ4v) is 4.21. The molecule has 0 spiro atoms. The Morgan fingerprint density at radius 3 is 1.61 bits per heavy atom. The number of hydrogen-bond acceptors (Lipinski definition) is 4. The van der Waals surface area contributed by atoms with E-state index in [2.05, 4.69) is 0 Å². The van der Waals surface area contributed by atoms with E-state index >= 15 is 0 Å². The molecule has 4 heterocycles. The summed E-state index contributed by atoms with van der Waals surface area (Å²) in [7, 11) is 0. The number of pyridine rings is 1. The zero-order valence-corrected chi connectivity index (χ0v) is 17.1. The van der Waals surface area contributed by atoms with Crippen LogP contribution in [0, 0.1) is 13.8 Å². The monoisotopic (exact) mass is 405 g/mol. The van der Waals surface area contributed by atoms with Gasteiger partial charge in [-0.15, -0.1) is 0 Å². The van der Waals surface area contributed by atoms with Crippen LogP contribution in [-0.4, -0.2) is 24.5 Å². The molecule has 0 N–H and O–H groups in total. The molecule has 0 saturated carbocycles. The third-order valence-corrected chi connectivity index (χ3v) is 5.55. The lowest BCUT2D eigenvalue weighted by Crippen LogP contribution is -2.01. The molecule has 0 unspecified atom stereocenters. The van der Waals surface area contributed by atoms with Crippen LogP contribution in [0.15, 0.2) is 83.5 Å². The van der Waals surface area contributed by atoms with Gasteiger partial charge in [0.25, 0.3) is 0 Å². The highest BCUT2D eigenvalue weighted by molar-refractivity contribution is 6.09. The number of benzene rings is 2. The Hall–Kier alpha value is -4.19. The SMILES string of the molecule is Cc1nn(-c2ccccc2)c2nc3c(c(C)nn3-c3ccccc3)c(-c3ccco3)c12. The lowest BCUT2D eigenvalue weighted by molar-refractivity contribution is 0.583. The van der Waals surface area contributed by atoms with E-state index < -0.39 is 0 Å². The van der Waals surface area contributed by atoms with Crippen molar-refractivity contribution in [3.63, 3.8) is 0 Å². The minimum atomic E-state index is 0.777. The molecule has 31 heavy (non-hydrogen) atoms. The molecule has 6 heteroatoms. The Morgan fingerprint density at radius 2 is 1.16 bits per heavy atom. The number of aromatic nitrogens is 5. The Balaban J connectivity index is 1.80. The predicted octanol–water partition coefficient (Wildman–Crippen LogP) is 5.64. The first-order valence-corrected chi connectivity index (χ1v) is 10.2. The lowest BCUT2D eigenvalue weighted by Gasteiger charge is -2.08. The molecule has 6 nitrogen and oxygen atoms in total. The maximum absolute atomic E-state index is 5.87. The molecule has 6 aromatic rings. The molecular formula is C25H19N5O. The second kappa shape index (κ2) is 6.67. The summed E-state index contributed by atoms with van der Waals surface area (Å²) in [5.41, 5.74) is 6.24. The van der Waals surface area contributed by atoms with Gasteiger partial charge in [0, 0.05) is 5.56 Å². The van der Waals surface area contributed by atoms with Gasteiger partial charge in [-0.05, 0) is 50.2 Å². The van der Waals surface area contributed by atoms with E-state index in [0.29, 0.717) is 0 Å². The van der Waals surface area contributed by atoms with E-state index in [0.717, 1.165) is 56.2 Å². The van der Waals surface area contributed by atoms with Crippen molar-refractivity contribution >= 4 is 22.1 Å². The number of fused-ring (bicyclic) bond motifs is 2. The molecule has 4 aromatic heterocycles. The topological polar surface area (TPSA) is 61.7 Å². The molecule has 0 radical (unpaired) electrons. The highest BCUT2D eigenvalue weighted by atomic mass is 16.3. The number of furan rings is 1. The lowest BCUT2D eigenvalue weighted by atomic mass is 10.0. The van der Waals surface area contributed by atoms with E-state index in [4.69, 9.17) is 19.6 Å². The van der Waals surface area contributed by atoms with Crippen molar-refractivity contribution in [3.05, 3.63) is 90.4 Å². The average molecular weight is 405 g/mol. The van der Waals surface area contributed by atoms with Crippen molar-refractivity contribution in [3.8, 4) is 22.7 Å². The molecule has 0 aliphatic rings. The highest BCUT2D eigenvalue weighted by Crippen LogP contribution is 2.39. The fraction of sp³-hybridized carbons (Fsp3) is 0.0800. The Labute approximate surface area is 178 Å². The van der Waals surface area contributed by atoms with Gasteiger partial charge < -0.3 is 4.42 Å². The van der Waals surface area contributed by atoms with E-state index in [-0.39, 0.29) is 0 Å². The quantitative estimate of drug-likeness (QED) is 0.382. The highest BCUT2D eigenvalue weighted by Gasteiger charge is 2.24. The molecule has 0 fully saturated rings. The van der Waals surface area contributed by atoms with Gasteiger partial charge in [-0.1, -0.05) is 36.4 Å². The van der Waals surface area contributed by atoms with Crippen molar-refractivity contribution in [2.45, 2.75) is 13.8 Å². The van der Waals surface area contributed by atoms with Crippen molar-refractivity contribution in [2.24, 2.45) is 0 Å². The zero-order valence-electron chi connectivity index (χ0n) is 17.1. The van der Waals surface area contributed by atoms with Crippen LogP contribution in [0.3, 0.4) is 0 Å². The van der Waals surface area contributed by atoms with Crippen molar-refractivity contribution < 1.29 is 4.42 Å². The number of rotatable bonds is 3. The first-order chi connectivity index (χ1) is 15.2. The van der Waals surface area contributed by atoms with Crippen LogP contribution in [0.1, 0.15) is 11.4 Å². The Kier molecular flexibility index (Phi) is 3.80. The molecule has 0 aliphatic heterocycles. The van der Waals surface area contributed by atoms with Crippen LogP contribution in [0.2, 0.25) is 0 Å². The van der Waals surface area contributed by atoms with Gasteiger partial charge in [0.1, 0.15) is 5.76 Å². The minimum absolute atomic E-state index is 0.777. The molecule has 0 aliphatic carbocycles. The van der Waals surface area contributed by atoms with Crippen LogP contribution in [0.25, 0.3) is 44.8 Å².